The number of hydrogen-bond donors (Lipinski definition) is 0. The smallest absolute Gasteiger partial charge is 0.227 e. The standard InChI is InChI=1S/C22H25FN4O2/c1-15(28)27-10-5-4-8-20(27)22-24-13-17-14-26(11-9-19(17)25-22)21(29)12-16-6-2-3-7-18(16)23/h2-3,6-7,13,20H,4-5,8-12,14H2,1H3. The third-order valence-electron chi connectivity index (χ3n) is 5.81. The maximum absolute atomic E-state index is 13.8. The van der Waals surface area contributed by atoms with E-state index in [-0.39, 0.29) is 30.1 Å². The molecule has 0 saturated carbocycles. The topological polar surface area (TPSA) is 66.4 Å². The molecule has 1 saturated heterocycles. The maximum atomic E-state index is 13.8. The molecule has 1 aromatic carbocycles. The molecule has 7 heteroatoms. The van der Waals surface area contributed by atoms with E-state index in [4.69, 9.17) is 4.98 Å². The molecule has 0 bridgehead atoms. The van der Waals surface area contributed by atoms with Crippen molar-refractivity contribution in [2.45, 2.75) is 51.6 Å². The van der Waals surface area contributed by atoms with E-state index in [1.54, 1.807) is 36.2 Å². The van der Waals surface area contributed by atoms with Crippen LogP contribution in [-0.2, 0) is 29.0 Å². The lowest BCUT2D eigenvalue weighted by Crippen LogP contribution is -2.39. The summed E-state index contributed by atoms with van der Waals surface area (Å²) in [7, 11) is 0. The van der Waals surface area contributed by atoms with Gasteiger partial charge in [0.15, 0.2) is 5.82 Å². The molecule has 2 aliphatic rings. The first-order chi connectivity index (χ1) is 14.0. The number of aromatic nitrogens is 2. The quantitative estimate of drug-likeness (QED) is 0.800. The van der Waals surface area contributed by atoms with E-state index >= 15 is 0 Å². The van der Waals surface area contributed by atoms with Gasteiger partial charge in [-0.25, -0.2) is 14.4 Å². The zero-order valence-electron chi connectivity index (χ0n) is 16.6. The summed E-state index contributed by atoms with van der Waals surface area (Å²) in [6, 6.07) is 6.31. The highest BCUT2D eigenvalue weighted by atomic mass is 19.1. The summed E-state index contributed by atoms with van der Waals surface area (Å²) in [5, 5.41) is 0. The molecular weight excluding hydrogens is 371 g/mol. The first kappa shape index (κ1) is 19.5. The monoisotopic (exact) mass is 396 g/mol. The fourth-order valence-electron chi connectivity index (χ4n) is 4.20. The Hall–Kier alpha value is -2.83. The van der Waals surface area contributed by atoms with Crippen molar-refractivity contribution in [2.24, 2.45) is 0 Å². The van der Waals surface area contributed by atoms with Gasteiger partial charge in [0.05, 0.1) is 18.2 Å². The maximum Gasteiger partial charge on any atom is 0.227 e. The number of amides is 2. The molecule has 152 valence electrons. The number of hydrogen-bond acceptors (Lipinski definition) is 4. The van der Waals surface area contributed by atoms with Gasteiger partial charge in [-0.3, -0.25) is 9.59 Å². The van der Waals surface area contributed by atoms with Gasteiger partial charge < -0.3 is 9.80 Å². The summed E-state index contributed by atoms with van der Waals surface area (Å²) in [5.74, 6) is 0.305. The molecule has 2 aromatic rings. The predicted molar refractivity (Wildman–Crippen MR) is 105 cm³/mol. The number of likely N-dealkylation sites (tertiary alicyclic amines) is 1. The molecule has 1 fully saturated rings. The van der Waals surface area contributed by atoms with Crippen LogP contribution < -0.4 is 0 Å². The van der Waals surface area contributed by atoms with Crippen LogP contribution in [0.2, 0.25) is 0 Å². The van der Waals surface area contributed by atoms with Gasteiger partial charge in [0.25, 0.3) is 0 Å². The van der Waals surface area contributed by atoms with E-state index in [1.165, 1.54) is 6.07 Å². The largest absolute Gasteiger partial charge is 0.338 e. The lowest BCUT2D eigenvalue weighted by atomic mass is 10.00. The number of halogens is 1. The number of benzene rings is 1. The third kappa shape index (κ3) is 4.13. The number of carbonyl (C=O) groups excluding carboxylic acids is 2. The van der Waals surface area contributed by atoms with Crippen LogP contribution in [0, 0.1) is 5.82 Å². The van der Waals surface area contributed by atoms with Crippen molar-refractivity contribution in [1.29, 1.82) is 0 Å². The third-order valence-corrected chi connectivity index (χ3v) is 5.81. The molecule has 4 rings (SSSR count). The van der Waals surface area contributed by atoms with Crippen molar-refractivity contribution < 1.29 is 14.0 Å². The van der Waals surface area contributed by atoms with E-state index in [0.29, 0.717) is 30.9 Å². The Bertz CT molecular complexity index is 933. The van der Waals surface area contributed by atoms with Crippen LogP contribution in [0.25, 0.3) is 0 Å². The van der Waals surface area contributed by atoms with Gasteiger partial charge in [0.1, 0.15) is 5.82 Å². The number of fused-ring (bicyclic) bond motifs is 1. The minimum Gasteiger partial charge on any atom is -0.338 e. The van der Waals surface area contributed by atoms with Gasteiger partial charge in [-0.1, -0.05) is 18.2 Å². The van der Waals surface area contributed by atoms with Crippen LogP contribution in [-0.4, -0.2) is 44.7 Å². The number of rotatable bonds is 3. The van der Waals surface area contributed by atoms with Crippen molar-refractivity contribution in [1.82, 2.24) is 19.8 Å². The lowest BCUT2D eigenvalue weighted by molar-refractivity contribution is -0.133. The zero-order chi connectivity index (χ0) is 20.4. The Labute approximate surface area is 169 Å². The zero-order valence-corrected chi connectivity index (χ0v) is 16.6. The summed E-state index contributed by atoms with van der Waals surface area (Å²) >= 11 is 0. The summed E-state index contributed by atoms with van der Waals surface area (Å²) in [6.45, 7) is 3.33. The molecule has 0 N–H and O–H groups in total. The van der Waals surface area contributed by atoms with Crippen LogP contribution >= 0.6 is 0 Å². The second kappa shape index (κ2) is 8.27. The van der Waals surface area contributed by atoms with E-state index in [0.717, 1.165) is 37.1 Å². The highest BCUT2D eigenvalue weighted by Crippen LogP contribution is 2.30. The van der Waals surface area contributed by atoms with Crippen LogP contribution in [0.3, 0.4) is 0 Å². The normalized spacial score (nSPS) is 19.0. The molecule has 3 heterocycles. The van der Waals surface area contributed by atoms with Crippen LogP contribution in [0.4, 0.5) is 4.39 Å². The molecule has 29 heavy (non-hydrogen) atoms. The highest BCUT2D eigenvalue weighted by molar-refractivity contribution is 5.79. The van der Waals surface area contributed by atoms with Crippen molar-refractivity contribution in [3.8, 4) is 0 Å². The minimum atomic E-state index is -0.353. The number of piperidine rings is 1. The Morgan fingerprint density at radius 3 is 2.83 bits per heavy atom. The summed E-state index contributed by atoms with van der Waals surface area (Å²) in [6.07, 6.45) is 5.43. The molecule has 0 spiro atoms. The first-order valence-electron chi connectivity index (χ1n) is 10.2. The van der Waals surface area contributed by atoms with Crippen molar-refractivity contribution in [2.75, 3.05) is 13.1 Å². The second-order valence-electron chi connectivity index (χ2n) is 7.76. The fraction of sp³-hybridized carbons (Fsp3) is 0.455. The van der Waals surface area contributed by atoms with Gasteiger partial charge in [0.2, 0.25) is 11.8 Å². The molecule has 1 unspecified atom stereocenters. The average Bonchev–Trinajstić information content (AvgIpc) is 2.74. The first-order valence-corrected chi connectivity index (χ1v) is 10.2. The average molecular weight is 396 g/mol. The number of carbonyl (C=O) groups is 2. The fourth-order valence-corrected chi connectivity index (χ4v) is 4.20. The molecule has 1 aromatic heterocycles. The minimum absolute atomic E-state index is 0.0522. The molecule has 0 radical (unpaired) electrons. The van der Waals surface area contributed by atoms with E-state index in [2.05, 4.69) is 4.98 Å². The van der Waals surface area contributed by atoms with Crippen LogP contribution in [0.15, 0.2) is 30.5 Å². The number of nitrogens with zero attached hydrogens (tertiary/aromatic N) is 4. The second-order valence-corrected chi connectivity index (χ2v) is 7.76. The molecule has 2 aliphatic heterocycles. The highest BCUT2D eigenvalue weighted by Gasteiger charge is 2.30. The molecule has 2 amide bonds. The van der Waals surface area contributed by atoms with Gasteiger partial charge in [0, 0.05) is 44.7 Å². The summed E-state index contributed by atoms with van der Waals surface area (Å²) in [5.41, 5.74) is 2.28. The molecule has 1 atom stereocenters. The van der Waals surface area contributed by atoms with Crippen LogP contribution in [0.5, 0.6) is 0 Å². The van der Waals surface area contributed by atoms with Crippen LogP contribution in [0.1, 0.15) is 54.9 Å². The van der Waals surface area contributed by atoms with Crippen molar-refractivity contribution in [3.63, 3.8) is 0 Å². The lowest BCUT2D eigenvalue weighted by Gasteiger charge is -2.35. The van der Waals surface area contributed by atoms with Gasteiger partial charge in [-0.15, -0.1) is 0 Å². The van der Waals surface area contributed by atoms with Gasteiger partial charge >= 0.3 is 0 Å². The Kier molecular flexibility index (Phi) is 5.56. The summed E-state index contributed by atoms with van der Waals surface area (Å²) < 4.78 is 13.8. The Morgan fingerprint density at radius 2 is 2.03 bits per heavy atom. The SMILES string of the molecule is CC(=O)N1CCCCC1c1ncc2c(n1)CCN(C(=O)Cc1ccccc1F)C2. The Morgan fingerprint density at radius 1 is 1.21 bits per heavy atom. The van der Waals surface area contributed by atoms with E-state index < -0.39 is 0 Å². The van der Waals surface area contributed by atoms with Crippen molar-refractivity contribution in [3.05, 3.63) is 58.9 Å². The van der Waals surface area contributed by atoms with E-state index in [9.17, 15) is 14.0 Å². The van der Waals surface area contributed by atoms with Gasteiger partial charge in [-0.2, -0.15) is 0 Å². The molecule has 0 aliphatic carbocycles. The molecule has 6 nitrogen and oxygen atoms in total. The van der Waals surface area contributed by atoms with Crippen molar-refractivity contribution >= 4 is 11.8 Å². The summed E-state index contributed by atoms with van der Waals surface area (Å²) in [4.78, 5) is 37.5. The van der Waals surface area contributed by atoms with Gasteiger partial charge in [-0.05, 0) is 30.9 Å². The predicted octanol–water partition coefficient (Wildman–Crippen LogP) is 2.82. The van der Waals surface area contributed by atoms with E-state index in [1.807, 2.05) is 4.90 Å². The molecular formula is C22H25FN4O2. The Balaban J connectivity index is 1.47.